The number of hydrogen-bond acceptors (Lipinski definition) is 7. The van der Waals surface area contributed by atoms with Gasteiger partial charge in [0.25, 0.3) is 0 Å². The molecule has 2 aromatic rings. The highest BCUT2D eigenvalue weighted by Gasteiger charge is 2.24. The molecule has 3 heterocycles. The molecule has 6 nitrogen and oxygen atoms in total. The van der Waals surface area contributed by atoms with E-state index in [0.29, 0.717) is 12.0 Å². The zero-order valence-corrected chi connectivity index (χ0v) is 14.1. The Kier molecular flexibility index (Phi) is 4.63. The van der Waals surface area contributed by atoms with Crippen molar-refractivity contribution in [2.24, 2.45) is 0 Å². The lowest BCUT2D eigenvalue weighted by Crippen LogP contribution is -2.39. The minimum absolute atomic E-state index is 0.479. The van der Waals surface area contributed by atoms with Gasteiger partial charge in [-0.1, -0.05) is 11.3 Å². The molecule has 3 rings (SSSR count). The molecule has 1 atom stereocenters. The summed E-state index contributed by atoms with van der Waals surface area (Å²) in [6.45, 7) is 8.73. The van der Waals surface area contributed by atoms with Gasteiger partial charge in [-0.25, -0.2) is 9.97 Å². The van der Waals surface area contributed by atoms with Crippen molar-refractivity contribution in [1.29, 1.82) is 0 Å². The smallest absolute Gasteiger partial charge is 0.210 e. The average Bonchev–Trinajstić information content (AvgIpc) is 2.99. The predicted octanol–water partition coefficient (Wildman–Crippen LogP) is 2.97. The van der Waals surface area contributed by atoms with Gasteiger partial charge in [-0.3, -0.25) is 0 Å². The van der Waals surface area contributed by atoms with Crippen LogP contribution >= 0.6 is 11.3 Å². The second-order valence-electron chi connectivity index (χ2n) is 6.02. The molecule has 118 valence electrons. The summed E-state index contributed by atoms with van der Waals surface area (Å²) in [6, 6.07) is 2.65. The van der Waals surface area contributed by atoms with Gasteiger partial charge in [0, 0.05) is 24.6 Å². The molecule has 1 fully saturated rings. The summed E-state index contributed by atoms with van der Waals surface area (Å²) in [5.74, 6) is 2.08. The Labute approximate surface area is 135 Å². The number of piperidine rings is 1. The summed E-state index contributed by atoms with van der Waals surface area (Å²) in [5, 5.41) is 11.8. The highest BCUT2D eigenvalue weighted by Crippen LogP contribution is 2.28. The summed E-state index contributed by atoms with van der Waals surface area (Å²) in [5.41, 5.74) is 2.84. The minimum atomic E-state index is 0.479. The molecule has 22 heavy (non-hydrogen) atoms. The largest absolute Gasteiger partial charge is 0.315 e. The second kappa shape index (κ2) is 6.66. The third kappa shape index (κ3) is 3.59. The Bertz CT molecular complexity index is 613. The Hall–Kier alpha value is -1.60. The maximum Gasteiger partial charge on any atom is 0.210 e. The summed E-state index contributed by atoms with van der Waals surface area (Å²) in [7, 11) is 0. The van der Waals surface area contributed by atoms with Gasteiger partial charge in [-0.2, -0.15) is 0 Å². The van der Waals surface area contributed by atoms with Crippen LogP contribution in [0.2, 0.25) is 0 Å². The third-order valence-electron chi connectivity index (χ3n) is 4.05. The van der Waals surface area contributed by atoms with E-state index in [1.54, 1.807) is 5.51 Å². The van der Waals surface area contributed by atoms with Gasteiger partial charge in [0.15, 0.2) is 0 Å². The van der Waals surface area contributed by atoms with E-state index in [4.69, 9.17) is 0 Å². The minimum Gasteiger partial charge on any atom is -0.315 e. The van der Waals surface area contributed by atoms with Crippen molar-refractivity contribution in [3.8, 4) is 0 Å². The second-order valence-corrected chi connectivity index (χ2v) is 6.86. The quantitative estimate of drug-likeness (QED) is 0.935. The summed E-state index contributed by atoms with van der Waals surface area (Å²) in [4.78, 5) is 11.7. The van der Waals surface area contributed by atoms with Gasteiger partial charge >= 0.3 is 0 Å². The predicted molar refractivity (Wildman–Crippen MR) is 88.6 cm³/mol. The van der Waals surface area contributed by atoms with E-state index < -0.39 is 0 Å². The molecule has 1 saturated heterocycles. The fourth-order valence-corrected chi connectivity index (χ4v) is 3.37. The van der Waals surface area contributed by atoms with Crippen molar-refractivity contribution >= 4 is 22.3 Å². The van der Waals surface area contributed by atoms with Crippen molar-refractivity contribution in [3.05, 3.63) is 23.1 Å². The van der Waals surface area contributed by atoms with E-state index in [-0.39, 0.29) is 0 Å². The van der Waals surface area contributed by atoms with Crippen LogP contribution in [0.25, 0.3) is 0 Å². The zero-order chi connectivity index (χ0) is 15.5. The van der Waals surface area contributed by atoms with Crippen LogP contribution in [0.4, 0.5) is 10.9 Å². The summed E-state index contributed by atoms with van der Waals surface area (Å²) in [6.07, 6.45) is 2.42. The maximum absolute atomic E-state index is 4.67. The first-order valence-corrected chi connectivity index (χ1v) is 8.62. The van der Waals surface area contributed by atoms with Crippen LogP contribution in [0.5, 0.6) is 0 Å². The topological polar surface area (TPSA) is 66.8 Å². The standard InChI is InChI=1S/C15H22N6S/c1-10(2)21-6-4-5-12(8-21)13-7-14(18-11(3)17-13)19-15-20-16-9-22-15/h7,9-10,12H,4-6,8H2,1-3H3,(H,17,18,19,20). The molecule has 0 amide bonds. The van der Waals surface area contributed by atoms with Gasteiger partial charge in [0.1, 0.15) is 17.2 Å². The Morgan fingerprint density at radius 2 is 2.23 bits per heavy atom. The van der Waals surface area contributed by atoms with Crippen LogP contribution in [-0.4, -0.2) is 44.2 Å². The molecule has 1 unspecified atom stereocenters. The van der Waals surface area contributed by atoms with Gasteiger partial charge in [0.05, 0.1) is 5.69 Å². The normalized spacial score (nSPS) is 19.5. The Balaban J connectivity index is 1.79. The number of nitrogens with zero attached hydrogens (tertiary/aromatic N) is 5. The van der Waals surface area contributed by atoms with Crippen molar-refractivity contribution in [3.63, 3.8) is 0 Å². The van der Waals surface area contributed by atoms with Crippen molar-refractivity contribution < 1.29 is 0 Å². The Morgan fingerprint density at radius 3 is 2.95 bits per heavy atom. The first-order chi connectivity index (χ1) is 10.6. The molecule has 1 N–H and O–H groups in total. The van der Waals surface area contributed by atoms with E-state index in [0.717, 1.165) is 29.0 Å². The van der Waals surface area contributed by atoms with Gasteiger partial charge in [0.2, 0.25) is 5.13 Å². The van der Waals surface area contributed by atoms with Crippen LogP contribution in [0.1, 0.15) is 44.1 Å². The van der Waals surface area contributed by atoms with Crippen LogP contribution in [-0.2, 0) is 0 Å². The molecule has 0 radical (unpaired) electrons. The fraction of sp³-hybridized carbons (Fsp3) is 0.600. The molecule has 0 spiro atoms. The molecular formula is C15H22N6S. The molecule has 2 aromatic heterocycles. The maximum atomic E-state index is 4.67. The fourth-order valence-electron chi connectivity index (χ4n) is 2.92. The van der Waals surface area contributed by atoms with Crippen molar-refractivity contribution in [2.45, 2.75) is 45.6 Å². The first kappa shape index (κ1) is 15.3. The van der Waals surface area contributed by atoms with Gasteiger partial charge in [-0.05, 0) is 40.2 Å². The van der Waals surface area contributed by atoms with Crippen LogP contribution in [0, 0.1) is 6.92 Å². The molecule has 0 bridgehead atoms. The molecular weight excluding hydrogens is 296 g/mol. The van der Waals surface area contributed by atoms with E-state index >= 15 is 0 Å². The van der Waals surface area contributed by atoms with E-state index in [1.807, 2.05) is 6.92 Å². The number of anilines is 2. The molecule has 0 saturated carbocycles. The average molecular weight is 318 g/mol. The number of hydrogen-bond donors (Lipinski definition) is 1. The summed E-state index contributed by atoms with van der Waals surface area (Å²) >= 11 is 1.47. The lowest BCUT2D eigenvalue weighted by atomic mass is 9.93. The molecule has 1 aliphatic heterocycles. The van der Waals surface area contributed by atoms with Gasteiger partial charge in [-0.15, -0.1) is 10.2 Å². The highest BCUT2D eigenvalue weighted by molar-refractivity contribution is 7.13. The monoisotopic (exact) mass is 318 g/mol. The first-order valence-electron chi connectivity index (χ1n) is 7.74. The van der Waals surface area contributed by atoms with E-state index in [2.05, 4.69) is 50.3 Å². The molecule has 7 heteroatoms. The van der Waals surface area contributed by atoms with Crippen molar-refractivity contribution in [1.82, 2.24) is 25.1 Å². The van der Waals surface area contributed by atoms with Crippen LogP contribution < -0.4 is 5.32 Å². The lowest BCUT2D eigenvalue weighted by molar-refractivity contribution is 0.166. The summed E-state index contributed by atoms with van der Waals surface area (Å²) < 4.78 is 0. The lowest BCUT2D eigenvalue weighted by Gasteiger charge is -2.35. The number of aromatic nitrogens is 4. The van der Waals surface area contributed by atoms with Gasteiger partial charge < -0.3 is 10.2 Å². The number of likely N-dealkylation sites (tertiary alicyclic amines) is 1. The van der Waals surface area contributed by atoms with Crippen molar-refractivity contribution in [2.75, 3.05) is 18.4 Å². The highest BCUT2D eigenvalue weighted by atomic mass is 32.1. The Morgan fingerprint density at radius 1 is 1.36 bits per heavy atom. The zero-order valence-electron chi connectivity index (χ0n) is 13.3. The number of aryl methyl sites for hydroxylation is 1. The molecule has 1 aliphatic rings. The van der Waals surface area contributed by atoms with Crippen LogP contribution in [0.15, 0.2) is 11.6 Å². The third-order valence-corrected chi connectivity index (χ3v) is 4.66. The van der Waals surface area contributed by atoms with Crippen LogP contribution in [0.3, 0.4) is 0 Å². The molecule has 0 aromatic carbocycles. The van der Waals surface area contributed by atoms with E-state index in [1.165, 1.54) is 30.7 Å². The molecule has 0 aliphatic carbocycles. The van der Waals surface area contributed by atoms with E-state index in [9.17, 15) is 0 Å². The number of rotatable bonds is 4. The number of nitrogens with one attached hydrogen (secondary N) is 1. The SMILES string of the molecule is Cc1nc(Nc2nncs2)cc(C2CCCN(C(C)C)C2)n1.